The molecule has 1 N–H and O–H groups in total. The van der Waals surface area contributed by atoms with Crippen LogP contribution in [0.25, 0.3) is 0 Å². The molecule has 1 amide bonds. The van der Waals surface area contributed by atoms with Crippen molar-refractivity contribution in [3.63, 3.8) is 0 Å². The van der Waals surface area contributed by atoms with Crippen LogP contribution in [0.5, 0.6) is 23.0 Å². The fraction of sp³-hybridized carbons (Fsp3) is 0.300. The van der Waals surface area contributed by atoms with Crippen LogP contribution in [0.2, 0.25) is 10.0 Å². The number of ether oxygens (including phenoxy) is 4. The van der Waals surface area contributed by atoms with Crippen LogP contribution >= 0.6 is 23.2 Å². The number of amides is 1. The van der Waals surface area contributed by atoms with E-state index in [1.54, 1.807) is 0 Å². The number of anilines is 1. The standard InChI is InChI=1S/C20H21Cl2N3O6/c1-10(26)16(25-24-14-7-6-12(21)18(30-4)19(14)31-5)20(27)23-17-13(22)8-11(28-2)9-15(17)29-3/h6-9,16H,1-5H3,(H,23,27). The Morgan fingerprint density at radius 2 is 1.61 bits per heavy atom. The van der Waals surface area contributed by atoms with Gasteiger partial charge in [0.15, 0.2) is 17.3 Å². The number of hydrogen-bond donors (Lipinski definition) is 1. The number of carbonyl (C=O) groups is 2. The van der Waals surface area contributed by atoms with Gasteiger partial charge in [-0.15, -0.1) is 0 Å². The Morgan fingerprint density at radius 3 is 2.16 bits per heavy atom. The monoisotopic (exact) mass is 469 g/mol. The number of hydrogen-bond acceptors (Lipinski definition) is 8. The Hall–Kier alpha value is -3.04. The van der Waals surface area contributed by atoms with Crippen LogP contribution in [0.1, 0.15) is 6.92 Å². The third-order valence-corrected chi connectivity index (χ3v) is 4.69. The molecule has 1 unspecified atom stereocenters. The van der Waals surface area contributed by atoms with Gasteiger partial charge in [-0.1, -0.05) is 23.2 Å². The maximum absolute atomic E-state index is 12.8. The van der Waals surface area contributed by atoms with E-state index in [2.05, 4.69) is 15.5 Å². The highest BCUT2D eigenvalue weighted by molar-refractivity contribution is 6.34. The van der Waals surface area contributed by atoms with Gasteiger partial charge in [-0.25, -0.2) is 0 Å². The molecule has 0 aromatic heterocycles. The van der Waals surface area contributed by atoms with Crippen molar-refractivity contribution in [3.05, 3.63) is 34.3 Å². The molecule has 31 heavy (non-hydrogen) atoms. The van der Waals surface area contributed by atoms with Gasteiger partial charge in [0.2, 0.25) is 6.04 Å². The normalized spacial score (nSPS) is 11.7. The van der Waals surface area contributed by atoms with Gasteiger partial charge in [0.25, 0.3) is 5.91 Å². The number of Topliss-reactive ketones (excluding diaryl/α,β-unsaturated/α-hetero) is 1. The lowest BCUT2D eigenvalue weighted by Gasteiger charge is -2.15. The minimum atomic E-state index is -1.45. The first-order chi connectivity index (χ1) is 14.8. The largest absolute Gasteiger partial charge is 0.497 e. The molecule has 0 aliphatic heterocycles. The first-order valence-electron chi connectivity index (χ1n) is 8.81. The van der Waals surface area contributed by atoms with Crippen molar-refractivity contribution in [3.8, 4) is 23.0 Å². The Balaban J connectivity index is 2.36. The van der Waals surface area contributed by atoms with E-state index in [9.17, 15) is 9.59 Å². The highest BCUT2D eigenvalue weighted by atomic mass is 35.5. The molecule has 2 aromatic rings. The summed E-state index contributed by atoms with van der Waals surface area (Å²) in [5.74, 6) is -0.140. The molecule has 166 valence electrons. The fourth-order valence-corrected chi connectivity index (χ4v) is 3.06. The van der Waals surface area contributed by atoms with Crippen molar-refractivity contribution in [2.45, 2.75) is 13.0 Å². The van der Waals surface area contributed by atoms with E-state index in [4.69, 9.17) is 42.1 Å². The molecular formula is C20H21Cl2N3O6. The van der Waals surface area contributed by atoms with Crippen molar-refractivity contribution in [1.82, 2.24) is 0 Å². The minimum absolute atomic E-state index is 0.160. The SMILES string of the molecule is COc1cc(Cl)c(NC(=O)C(N=Nc2ccc(Cl)c(OC)c2OC)C(C)=O)c(OC)c1. The molecule has 0 saturated carbocycles. The van der Waals surface area contributed by atoms with Gasteiger partial charge in [-0.2, -0.15) is 10.2 Å². The number of halogens is 2. The molecule has 0 radical (unpaired) electrons. The van der Waals surface area contributed by atoms with Crippen LogP contribution < -0.4 is 24.3 Å². The van der Waals surface area contributed by atoms with Crippen molar-refractivity contribution in [1.29, 1.82) is 0 Å². The van der Waals surface area contributed by atoms with Crippen LogP contribution in [0.15, 0.2) is 34.5 Å². The second-order valence-corrected chi connectivity index (χ2v) is 6.85. The summed E-state index contributed by atoms with van der Waals surface area (Å²) >= 11 is 12.3. The quantitative estimate of drug-likeness (QED) is 0.420. The lowest BCUT2D eigenvalue weighted by molar-refractivity contribution is -0.126. The van der Waals surface area contributed by atoms with Gasteiger partial charge in [-0.05, 0) is 19.1 Å². The molecule has 0 saturated heterocycles. The van der Waals surface area contributed by atoms with Crippen LogP contribution in [0.3, 0.4) is 0 Å². The van der Waals surface area contributed by atoms with E-state index >= 15 is 0 Å². The summed E-state index contributed by atoms with van der Waals surface area (Å²) in [6.07, 6.45) is 0. The molecule has 0 aliphatic carbocycles. The van der Waals surface area contributed by atoms with Gasteiger partial charge in [0, 0.05) is 12.1 Å². The highest BCUT2D eigenvalue weighted by Gasteiger charge is 2.26. The topological polar surface area (TPSA) is 108 Å². The number of carbonyl (C=O) groups excluding carboxylic acids is 2. The van der Waals surface area contributed by atoms with Crippen molar-refractivity contribution >= 4 is 46.3 Å². The summed E-state index contributed by atoms with van der Waals surface area (Å²) in [7, 11) is 5.70. The maximum Gasteiger partial charge on any atom is 0.258 e. The first kappa shape index (κ1) is 24.2. The number of nitrogens with one attached hydrogen (secondary N) is 1. The average Bonchev–Trinajstić information content (AvgIpc) is 2.75. The Bertz CT molecular complexity index is 1010. The molecule has 0 aliphatic rings. The molecule has 0 heterocycles. The number of methoxy groups -OCH3 is 4. The summed E-state index contributed by atoms with van der Waals surface area (Å²) in [4.78, 5) is 24.9. The minimum Gasteiger partial charge on any atom is -0.497 e. The zero-order chi connectivity index (χ0) is 23.1. The molecule has 2 rings (SSSR count). The van der Waals surface area contributed by atoms with Crippen molar-refractivity contribution in [2.75, 3.05) is 33.8 Å². The molecule has 0 fully saturated rings. The molecule has 11 heteroatoms. The van der Waals surface area contributed by atoms with Gasteiger partial charge in [0.1, 0.15) is 22.9 Å². The summed E-state index contributed by atoms with van der Waals surface area (Å²) in [5.41, 5.74) is 0.394. The van der Waals surface area contributed by atoms with Crippen LogP contribution in [0, 0.1) is 0 Å². The molecule has 0 bridgehead atoms. The van der Waals surface area contributed by atoms with Gasteiger partial charge in [-0.3, -0.25) is 9.59 Å². The van der Waals surface area contributed by atoms with Crippen molar-refractivity contribution < 1.29 is 28.5 Å². The van der Waals surface area contributed by atoms with E-state index in [1.807, 2.05) is 0 Å². The maximum atomic E-state index is 12.8. The van der Waals surface area contributed by atoms with E-state index < -0.39 is 17.7 Å². The number of rotatable bonds is 9. The van der Waals surface area contributed by atoms with Crippen molar-refractivity contribution in [2.24, 2.45) is 10.2 Å². The third kappa shape index (κ3) is 5.56. The molecule has 0 spiro atoms. The number of ketones is 1. The van der Waals surface area contributed by atoms with Crippen LogP contribution in [0.4, 0.5) is 11.4 Å². The number of benzene rings is 2. The van der Waals surface area contributed by atoms with E-state index in [-0.39, 0.29) is 33.6 Å². The molecule has 9 nitrogen and oxygen atoms in total. The summed E-state index contributed by atoms with van der Waals surface area (Å²) in [5, 5.41) is 10.9. The van der Waals surface area contributed by atoms with E-state index in [0.717, 1.165) is 0 Å². The van der Waals surface area contributed by atoms with E-state index in [0.29, 0.717) is 10.8 Å². The van der Waals surface area contributed by atoms with Gasteiger partial charge < -0.3 is 24.3 Å². The van der Waals surface area contributed by atoms with Crippen LogP contribution in [-0.2, 0) is 9.59 Å². The number of azo groups is 1. The Labute approximate surface area is 189 Å². The fourth-order valence-electron chi connectivity index (χ4n) is 2.58. The second-order valence-electron chi connectivity index (χ2n) is 6.04. The smallest absolute Gasteiger partial charge is 0.258 e. The Morgan fingerprint density at radius 1 is 0.935 bits per heavy atom. The second kappa shape index (κ2) is 10.8. The summed E-state index contributed by atoms with van der Waals surface area (Å²) < 4.78 is 20.8. The summed E-state index contributed by atoms with van der Waals surface area (Å²) in [6.45, 7) is 1.22. The molecule has 2 aromatic carbocycles. The highest BCUT2D eigenvalue weighted by Crippen LogP contribution is 2.42. The molecular weight excluding hydrogens is 449 g/mol. The average molecular weight is 470 g/mol. The zero-order valence-electron chi connectivity index (χ0n) is 17.5. The predicted molar refractivity (Wildman–Crippen MR) is 117 cm³/mol. The zero-order valence-corrected chi connectivity index (χ0v) is 19.0. The first-order valence-corrected chi connectivity index (χ1v) is 9.57. The summed E-state index contributed by atoms with van der Waals surface area (Å²) in [6, 6.07) is 4.63. The predicted octanol–water partition coefficient (Wildman–Crippen LogP) is 4.71. The molecule has 1 atom stereocenters. The number of nitrogens with zero attached hydrogens (tertiary/aromatic N) is 2. The third-order valence-electron chi connectivity index (χ3n) is 4.10. The van der Waals surface area contributed by atoms with Gasteiger partial charge >= 0.3 is 0 Å². The lowest BCUT2D eigenvalue weighted by Crippen LogP contribution is -2.32. The van der Waals surface area contributed by atoms with Crippen LogP contribution in [-0.4, -0.2) is 46.2 Å². The van der Waals surface area contributed by atoms with E-state index in [1.165, 1.54) is 59.6 Å². The lowest BCUT2D eigenvalue weighted by atomic mass is 10.2. The Kier molecular flexibility index (Phi) is 8.47. The van der Waals surface area contributed by atoms with Gasteiger partial charge in [0.05, 0.1) is 38.5 Å².